The molecule has 0 spiro atoms. The zero-order valence-electron chi connectivity index (χ0n) is 11.4. The Morgan fingerprint density at radius 1 is 1.05 bits per heavy atom. The van der Waals surface area contributed by atoms with Crippen molar-refractivity contribution in [2.45, 2.75) is 11.8 Å². The fraction of sp³-hybridized carbons (Fsp3) is 0.167. The first-order valence-electron chi connectivity index (χ1n) is 6.76. The van der Waals surface area contributed by atoms with E-state index in [-0.39, 0.29) is 11.8 Å². The van der Waals surface area contributed by atoms with Gasteiger partial charge in [0.1, 0.15) is 0 Å². The van der Waals surface area contributed by atoms with Crippen LogP contribution in [0.25, 0.3) is 0 Å². The van der Waals surface area contributed by atoms with Crippen molar-refractivity contribution in [2.75, 3.05) is 11.9 Å². The second-order valence-electron chi connectivity index (χ2n) is 5.05. The zero-order chi connectivity index (χ0) is 13.9. The molecule has 1 heterocycles. The van der Waals surface area contributed by atoms with Crippen LogP contribution in [0.1, 0.15) is 23.0 Å². The lowest BCUT2D eigenvalue weighted by Crippen LogP contribution is -2.20. The molecule has 0 amide bonds. The van der Waals surface area contributed by atoms with Crippen LogP contribution in [0.4, 0.5) is 5.69 Å². The van der Waals surface area contributed by atoms with E-state index in [9.17, 15) is 5.26 Å². The molecule has 98 valence electrons. The molecular formula is C18H16N2. The number of anilines is 1. The Morgan fingerprint density at radius 3 is 2.50 bits per heavy atom. The third-order valence-corrected chi connectivity index (χ3v) is 3.85. The van der Waals surface area contributed by atoms with Crippen molar-refractivity contribution in [3.05, 3.63) is 78.0 Å². The number of hydrogen-bond acceptors (Lipinski definition) is 2. The highest BCUT2D eigenvalue weighted by Crippen LogP contribution is 2.40. The van der Waals surface area contributed by atoms with Gasteiger partial charge < -0.3 is 4.90 Å². The fourth-order valence-electron chi connectivity index (χ4n) is 2.81. The van der Waals surface area contributed by atoms with Gasteiger partial charge in [-0.3, -0.25) is 0 Å². The fourth-order valence-corrected chi connectivity index (χ4v) is 2.81. The monoisotopic (exact) mass is 260 g/mol. The molecule has 0 aromatic heterocycles. The van der Waals surface area contributed by atoms with Crippen molar-refractivity contribution in [3.8, 4) is 6.07 Å². The van der Waals surface area contributed by atoms with E-state index in [1.807, 2.05) is 49.5 Å². The summed E-state index contributed by atoms with van der Waals surface area (Å²) in [5.74, 6) is -0.0444. The van der Waals surface area contributed by atoms with Gasteiger partial charge in [-0.15, -0.1) is 0 Å². The molecule has 1 aliphatic heterocycles. The number of allylic oxidation sites excluding steroid dienone is 1. The summed E-state index contributed by atoms with van der Waals surface area (Å²) in [6.45, 7) is 0. The van der Waals surface area contributed by atoms with Gasteiger partial charge in [-0.05, 0) is 17.2 Å². The quantitative estimate of drug-likeness (QED) is 0.814. The second kappa shape index (κ2) is 5.22. The number of rotatable bonds is 2. The highest BCUT2D eigenvalue weighted by molar-refractivity contribution is 5.61. The second-order valence-corrected chi connectivity index (χ2v) is 5.05. The van der Waals surface area contributed by atoms with Crippen molar-refractivity contribution < 1.29 is 0 Å². The summed E-state index contributed by atoms with van der Waals surface area (Å²) in [4.78, 5) is 2.10. The van der Waals surface area contributed by atoms with E-state index in [2.05, 4.69) is 35.4 Å². The molecule has 2 heteroatoms. The van der Waals surface area contributed by atoms with E-state index in [1.165, 1.54) is 11.3 Å². The van der Waals surface area contributed by atoms with Crippen LogP contribution in [0.2, 0.25) is 0 Å². The molecule has 2 nitrogen and oxygen atoms in total. The minimum Gasteiger partial charge on any atom is -0.351 e. The number of fused-ring (bicyclic) bond motifs is 1. The number of para-hydroxylation sites is 1. The molecule has 2 aromatic carbocycles. The average molecular weight is 260 g/mol. The van der Waals surface area contributed by atoms with Crippen molar-refractivity contribution >= 4 is 5.69 Å². The standard InChI is InChI=1S/C18H16N2/c1-20-12-11-15(16-9-5-6-10-18(16)20)17(13-19)14-7-3-2-4-8-14/h2-12,15,17H,1H3/t15-,17+/m1/s1. The molecule has 20 heavy (non-hydrogen) atoms. The van der Waals surface area contributed by atoms with Gasteiger partial charge in [-0.25, -0.2) is 0 Å². The largest absolute Gasteiger partial charge is 0.351 e. The van der Waals surface area contributed by atoms with E-state index >= 15 is 0 Å². The van der Waals surface area contributed by atoms with Gasteiger partial charge in [0, 0.05) is 24.9 Å². The first-order valence-corrected chi connectivity index (χ1v) is 6.76. The van der Waals surface area contributed by atoms with Crippen molar-refractivity contribution in [1.29, 1.82) is 5.26 Å². The number of hydrogen-bond donors (Lipinski definition) is 0. The van der Waals surface area contributed by atoms with E-state index in [1.54, 1.807) is 0 Å². The molecule has 2 atom stereocenters. The minimum atomic E-state index is -0.151. The third-order valence-electron chi connectivity index (χ3n) is 3.85. The van der Waals surface area contributed by atoms with E-state index in [0.29, 0.717) is 0 Å². The van der Waals surface area contributed by atoms with Gasteiger partial charge in [0.15, 0.2) is 0 Å². The third kappa shape index (κ3) is 2.08. The van der Waals surface area contributed by atoms with Crippen molar-refractivity contribution in [1.82, 2.24) is 0 Å². The van der Waals surface area contributed by atoms with Gasteiger partial charge in [-0.2, -0.15) is 5.26 Å². The Labute approximate surface area is 119 Å². The van der Waals surface area contributed by atoms with Crippen LogP contribution < -0.4 is 4.90 Å². The highest BCUT2D eigenvalue weighted by atomic mass is 15.1. The Bertz CT molecular complexity index is 667. The molecule has 0 unspecified atom stereocenters. The Kier molecular flexibility index (Phi) is 3.26. The summed E-state index contributed by atoms with van der Waals surface area (Å²) in [6, 6.07) is 20.8. The van der Waals surface area contributed by atoms with Gasteiger partial charge >= 0.3 is 0 Å². The molecule has 0 N–H and O–H groups in total. The maximum absolute atomic E-state index is 9.63. The number of nitriles is 1. The predicted octanol–water partition coefficient (Wildman–Crippen LogP) is 4.04. The van der Waals surface area contributed by atoms with E-state index in [0.717, 1.165) is 5.56 Å². The molecule has 0 radical (unpaired) electrons. The maximum Gasteiger partial charge on any atom is 0.0817 e. The Balaban J connectivity index is 2.06. The zero-order valence-corrected chi connectivity index (χ0v) is 11.4. The molecule has 1 aliphatic rings. The van der Waals surface area contributed by atoms with Crippen LogP contribution >= 0.6 is 0 Å². The minimum absolute atomic E-state index is 0.106. The molecular weight excluding hydrogens is 244 g/mol. The molecule has 0 saturated heterocycles. The molecule has 0 saturated carbocycles. The summed E-state index contributed by atoms with van der Waals surface area (Å²) < 4.78 is 0. The van der Waals surface area contributed by atoms with Crippen LogP contribution in [-0.4, -0.2) is 7.05 Å². The Hall–Kier alpha value is -2.53. The SMILES string of the molecule is CN1C=C[C@@H]([C@@H](C#N)c2ccccc2)c2ccccc21. The van der Waals surface area contributed by atoms with Crippen LogP contribution in [-0.2, 0) is 0 Å². The summed E-state index contributed by atoms with van der Waals surface area (Å²) in [5, 5.41) is 9.63. The van der Waals surface area contributed by atoms with Crippen LogP contribution in [0.3, 0.4) is 0 Å². The lowest BCUT2D eigenvalue weighted by molar-refractivity contribution is 0.736. The normalized spacial score (nSPS) is 18.2. The highest BCUT2D eigenvalue weighted by Gasteiger charge is 2.27. The van der Waals surface area contributed by atoms with Gasteiger partial charge in [0.2, 0.25) is 0 Å². The van der Waals surface area contributed by atoms with Crippen molar-refractivity contribution in [2.24, 2.45) is 0 Å². The Morgan fingerprint density at radius 2 is 1.75 bits per heavy atom. The predicted molar refractivity (Wildman–Crippen MR) is 81.5 cm³/mol. The van der Waals surface area contributed by atoms with Gasteiger partial charge in [0.05, 0.1) is 12.0 Å². The first-order chi connectivity index (χ1) is 9.81. The van der Waals surface area contributed by atoms with Crippen molar-refractivity contribution in [3.63, 3.8) is 0 Å². The van der Waals surface area contributed by atoms with Gasteiger partial charge in [-0.1, -0.05) is 54.6 Å². The van der Waals surface area contributed by atoms with Crippen LogP contribution in [0.15, 0.2) is 66.9 Å². The van der Waals surface area contributed by atoms with Crippen LogP contribution in [0, 0.1) is 11.3 Å². The van der Waals surface area contributed by atoms with Gasteiger partial charge in [0.25, 0.3) is 0 Å². The number of nitrogens with zero attached hydrogens (tertiary/aromatic N) is 2. The summed E-state index contributed by atoms with van der Waals surface area (Å²) in [5.41, 5.74) is 3.47. The molecule has 0 fully saturated rings. The maximum atomic E-state index is 9.63. The number of benzene rings is 2. The topological polar surface area (TPSA) is 27.0 Å². The van der Waals surface area contributed by atoms with E-state index in [4.69, 9.17) is 0 Å². The van der Waals surface area contributed by atoms with Crippen LogP contribution in [0.5, 0.6) is 0 Å². The molecule has 3 rings (SSSR count). The first kappa shape index (κ1) is 12.5. The summed E-state index contributed by atoms with van der Waals surface area (Å²) in [6.07, 6.45) is 4.18. The molecule has 0 bridgehead atoms. The lowest BCUT2D eigenvalue weighted by Gasteiger charge is -2.30. The van der Waals surface area contributed by atoms with E-state index < -0.39 is 0 Å². The lowest BCUT2D eigenvalue weighted by atomic mass is 9.80. The average Bonchev–Trinajstić information content (AvgIpc) is 2.52. The molecule has 2 aromatic rings. The smallest absolute Gasteiger partial charge is 0.0817 e. The summed E-state index contributed by atoms with van der Waals surface area (Å²) >= 11 is 0. The molecule has 0 aliphatic carbocycles. The summed E-state index contributed by atoms with van der Waals surface area (Å²) in [7, 11) is 2.04.